The monoisotopic (exact) mass is 416 g/mol. The van der Waals surface area contributed by atoms with Crippen LogP contribution in [-0.2, 0) is 6.42 Å². The first-order valence-corrected chi connectivity index (χ1v) is 10.8. The molecule has 0 unspecified atom stereocenters. The van der Waals surface area contributed by atoms with Gasteiger partial charge in [-0.1, -0.05) is 45.2 Å². The van der Waals surface area contributed by atoms with E-state index in [1.807, 2.05) is 32.8 Å². The van der Waals surface area contributed by atoms with Crippen LogP contribution in [0.5, 0.6) is 0 Å². The Kier molecular flexibility index (Phi) is 4.50. The number of aliphatic hydroxyl groups excluding tert-OH is 1. The minimum absolute atomic E-state index is 0.00425. The molecule has 0 spiro atoms. The molecule has 4 rings (SSSR count). The lowest BCUT2D eigenvalue weighted by Gasteiger charge is -2.62. The Morgan fingerprint density at radius 1 is 1.19 bits per heavy atom. The van der Waals surface area contributed by atoms with Crippen molar-refractivity contribution in [3.8, 4) is 6.07 Å². The second-order valence-corrected chi connectivity index (χ2v) is 10.3. The lowest BCUT2D eigenvalue weighted by atomic mass is 9.45. The number of allylic oxidation sites excluding steroid dienone is 2. The van der Waals surface area contributed by atoms with Crippen molar-refractivity contribution in [2.75, 3.05) is 14.1 Å². The van der Waals surface area contributed by atoms with Gasteiger partial charge < -0.3 is 10.2 Å². The van der Waals surface area contributed by atoms with E-state index in [2.05, 4.69) is 51.3 Å². The normalized spacial score (nSPS) is 35.0. The largest absolute Gasteiger partial charge is 0.509 e. The number of nitrogens with zero attached hydrogens (tertiary/aromatic N) is 2. The summed E-state index contributed by atoms with van der Waals surface area (Å²) < 4.78 is 0. The maximum Gasteiger partial charge on any atom is 0.128 e. The number of benzene rings is 1. The molecular formula is C27H32N2O2. The highest BCUT2D eigenvalue weighted by molar-refractivity contribution is 5.86. The van der Waals surface area contributed by atoms with Gasteiger partial charge in [0.15, 0.2) is 0 Å². The fraction of sp³-hybridized carbons (Fsp3) is 0.444. The average molecular weight is 417 g/mol. The molecular weight excluding hydrogens is 384 g/mol. The molecule has 4 atom stereocenters. The highest BCUT2D eigenvalue weighted by atomic mass is 16.3. The third kappa shape index (κ3) is 2.42. The highest BCUT2D eigenvalue weighted by Gasteiger charge is 2.66. The van der Waals surface area contributed by atoms with Crippen LogP contribution < -0.4 is 0 Å². The van der Waals surface area contributed by atoms with E-state index in [1.165, 1.54) is 11.1 Å². The Labute approximate surface area is 185 Å². The summed E-state index contributed by atoms with van der Waals surface area (Å²) in [5.74, 6) is -0.00425. The van der Waals surface area contributed by atoms with Gasteiger partial charge >= 0.3 is 0 Å². The zero-order valence-electron chi connectivity index (χ0n) is 19.4. The van der Waals surface area contributed by atoms with Crippen molar-refractivity contribution in [1.82, 2.24) is 4.90 Å². The summed E-state index contributed by atoms with van der Waals surface area (Å²) in [5, 5.41) is 33.3. The SMILES string of the molecule is C=C1C2=C(C)[C@]3(O)C(=C)C(C#N)=C(O)[C@@H](N(C)C)[C@]3(C)C[C@]2(C)Cc2cccc(C)c21. The smallest absolute Gasteiger partial charge is 0.128 e. The standard InChI is InChI=1S/C27H32N2O2/c1-15-10-9-11-19-12-25(5)14-26(6)24(29(7)8)23(30)20(13-28)17(3)27(26,31)18(4)22(25)16(2)21(15)19/h9-11,24,30-31H,2-3,12,14H2,1,4-8H3/t24-,25+,26+,27-/m1/s1. The van der Waals surface area contributed by atoms with Gasteiger partial charge in [-0.15, -0.1) is 0 Å². The second kappa shape index (κ2) is 6.45. The van der Waals surface area contributed by atoms with Crippen molar-refractivity contribution in [1.29, 1.82) is 5.26 Å². The molecule has 4 nitrogen and oxygen atoms in total. The molecule has 4 heteroatoms. The van der Waals surface area contributed by atoms with Gasteiger partial charge in [-0.05, 0) is 79.6 Å². The Hall–Kier alpha value is -2.61. The molecule has 0 amide bonds. The van der Waals surface area contributed by atoms with Gasteiger partial charge in [0.05, 0.1) is 11.6 Å². The topological polar surface area (TPSA) is 67.5 Å². The molecule has 0 aliphatic heterocycles. The molecule has 2 N–H and O–H groups in total. The third-order valence-electron chi connectivity index (χ3n) is 8.13. The van der Waals surface area contributed by atoms with Crippen LogP contribution in [0.25, 0.3) is 5.57 Å². The molecule has 31 heavy (non-hydrogen) atoms. The Bertz CT molecular complexity index is 1150. The van der Waals surface area contributed by atoms with E-state index < -0.39 is 17.1 Å². The van der Waals surface area contributed by atoms with E-state index in [4.69, 9.17) is 0 Å². The number of nitriles is 1. The predicted molar refractivity (Wildman–Crippen MR) is 124 cm³/mol. The number of fused-ring (bicyclic) bond motifs is 3. The maximum atomic E-state index is 12.4. The minimum Gasteiger partial charge on any atom is -0.509 e. The molecule has 1 aromatic carbocycles. The van der Waals surface area contributed by atoms with Crippen molar-refractivity contribution in [2.24, 2.45) is 10.8 Å². The molecule has 0 radical (unpaired) electrons. The molecule has 3 aliphatic rings. The zero-order chi connectivity index (χ0) is 23.1. The Morgan fingerprint density at radius 3 is 2.42 bits per heavy atom. The number of hydrogen-bond acceptors (Lipinski definition) is 4. The van der Waals surface area contributed by atoms with E-state index in [0.29, 0.717) is 6.42 Å². The molecule has 162 valence electrons. The van der Waals surface area contributed by atoms with E-state index in [-0.39, 0.29) is 22.3 Å². The lowest BCUT2D eigenvalue weighted by molar-refractivity contribution is -0.0977. The van der Waals surface area contributed by atoms with Crippen LogP contribution >= 0.6 is 0 Å². The van der Waals surface area contributed by atoms with Gasteiger partial charge in [0.1, 0.15) is 17.4 Å². The third-order valence-corrected chi connectivity index (χ3v) is 8.13. The average Bonchev–Trinajstić information content (AvgIpc) is 2.64. The summed E-state index contributed by atoms with van der Waals surface area (Å²) in [5.41, 5.74) is 4.27. The zero-order valence-corrected chi connectivity index (χ0v) is 19.4. The molecule has 1 aromatic rings. The first-order valence-electron chi connectivity index (χ1n) is 10.8. The van der Waals surface area contributed by atoms with Crippen molar-refractivity contribution >= 4 is 5.57 Å². The van der Waals surface area contributed by atoms with Crippen molar-refractivity contribution in [2.45, 2.75) is 52.2 Å². The van der Waals surface area contributed by atoms with Gasteiger partial charge in [0.2, 0.25) is 0 Å². The van der Waals surface area contributed by atoms with Crippen molar-refractivity contribution < 1.29 is 10.2 Å². The quantitative estimate of drug-likeness (QED) is 0.686. The highest BCUT2D eigenvalue weighted by Crippen LogP contribution is 2.66. The van der Waals surface area contributed by atoms with Crippen LogP contribution in [0.2, 0.25) is 0 Å². The van der Waals surface area contributed by atoms with Gasteiger partial charge in [0.25, 0.3) is 0 Å². The first-order chi connectivity index (χ1) is 14.3. The van der Waals surface area contributed by atoms with Crippen LogP contribution in [0.1, 0.15) is 43.9 Å². The van der Waals surface area contributed by atoms with Crippen LogP contribution in [0, 0.1) is 29.1 Å². The van der Waals surface area contributed by atoms with Crippen LogP contribution in [0.3, 0.4) is 0 Å². The molecule has 0 saturated heterocycles. The fourth-order valence-electron chi connectivity index (χ4n) is 7.26. The number of aliphatic hydroxyl groups is 2. The number of aryl methyl sites for hydroxylation is 1. The number of hydrogen-bond donors (Lipinski definition) is 2. The van der Waals surface area contributed by atoms with Crippen molar-refractivity contribution in [3.05, 3.63) is 76.1 Å². The molecule has 0 heterocycles. The van der Waals surface area contributed by atoms with E-state index in [9.17, 15) is 15.5 Å². The summed E-state index contributed by atoms with van der Waals surface area (Å²) in [6, 6.07) is 7.94. The fourth-order valence-corrected chi connectivity index (χ4v) is 7.26. The van der Waals surface area contributed by atoms with Gasteiger partial charge in [0, 0.05) is 11.0 Å². The summed E-state index contributed by atoms with van der Waals surface area (Å²) in [6.45, 7) is 16.9. The van der Waals surface area contributed by atoms with Gasteiger partial charge in [-0.2, -0.15) is 5.26 Å². The molecule has 0 bridgehead atoms. The maximum absolute atomic E-state index is 12.4. The molecule has 0 fully saturated rings. The Balaban J connectivity index is 2.08. The number of likely N-dealkylation sites (N-methyl/N-ethyl adjacent to an activating group) is 1. The van der Waals surface area contributed by atoms with Gasteiger partial charge in [-0.3, -0.25) is 4.90 Å². The Morgan fingerprint density at radius 2 is 1.84 bits per heavy atom. The first kappa shape index (κ1) is 21.6. The minimum atomic E-state index is -1.46. The van der Waals surface area contributed by atoms with E-state index in [1.54, 1.807) is 0 Å². The summed E-state index contributed by atoms with van der Waals surface area (Å²) in [7, 11) is 3.76. The summed E-state index contributed by atoms with van der Waals surface area (Å²) in [4.78, 5) is 1.90. The molecule has 0 aromatic heterocycles. The molecule has 0 saturated carbocycles. The summed E-state index contributed by atoms with van der Waals surface area (Å²) in [6.07, 6.45) is 1.46. The predicted octanol–water partition coefficient (Wildman–Crippen LogP) is 4.86. The van der Waals surface area contributed by atoms with E-state index in [0.717, 1.165) is 28.7 Å². The van der Waals surface area contributed by atoms with Crippen LogP contribution in [0.4, 0.5) is 0 Å². The summed E-state index contributed by atoms with van der Waals surface area (Å²) >= 11 is 0. The number of rotatable bonds is 1. The van der Waals surface area contributed by atoms with E-state index >= 15 is 0 Å². The molecule has 3 aliphatic carbocycles. The van der Waals surface area contributed by atoms with Gasteiger partial charge in [-0.25, -0.2) is 0 Å². The van der Waals surface area contributed by atoms with Crippen LogP contribution in [0.15, 0.2) is 59.4 Å². The lowest BCUT2D eigenvalue weighted by Crippen LogP contribution is -2.66. The van der Waals surface area contributed by atoms with Crippen LogP contribution in [-0.4, -0.2) is 40.9 Å². The van der Waals surface area contributed by atoms with Crippen molar-refractivity contribution in [3.63, 3.8) is 0 Å². The second-order valence-electron chi connectivity index (χ2n) is 10.3.